The molecule has 2 heterocycles. The molecule has 4 rings (SSSR count). The molecule has 1 aliphatic heterocycles. The van der Waals surface area contributed by atoms with Crippen molar-refractivity contribution in [3.8, 4) is 17.0 Å². The summed E-state index contributed by atoms with van der Waals surface area (Å²) in [6, 6.07) is 12.9. The molecule has 8 heteroatoms. The number of benzene rings is 2. The van der Waals surface area contributed by atoms with Crippen LogP contribution >= 0.6 is 11.6 Å². The van der Waals surface area contributed by atoms with Crippen molar-refractivity contribution in [1.29, 1.82) is 0 Å². The van der Waals surface area contributed by atoms with Crippen LogP contribution < -0.4 is 4.74 Å². The van der Waals surface area contributed by atoms with Crippen LogP contribution in [0.5, 0.6) is 5.75 Å². The number of pyridine rings is 1. The first-order chi connectivity index (χ1) is 16.9. The Morgan fingerprint density at radius 1 is 1.09 bits per heavy atom. The van der Waals surface area contributed by atoms with Gasteiger partial charge in [-0.2, -0.15) is 0 Å². The Labute approximate surface area is 209 Å². The van der Waals surface area contributed by atoms with E-state index in [0.29, 0.717) is 54.6 Å². The number of ether oxygens (including phenoxy) is 2. The quantitative estimate of drug-likeness (QED) is 0.452. The zero-order chi connectivity index (χ0) is 24.9. The number of hydrogen-bond acceptors (Lipinski definition) is 5. The van der Waals surface area contributed by atoms with E-state index >= 15 is 0 Å². The van der Waals surface area contributed by atoms with Crippen LogP contribution in [0.25, 0.3) is 28.2 Å². The number of hydrogen-bond donors (Lipinski definition) is 0. The van der Waals surface area contributed by atoms with E-state index in [4.69, 9.17) is 26.1 Å². The minimum absolute atomic E-state index is 0.102. The summed E-state index contributed by atoms with van der Waals surface area (Å²) < 4.78 is 10.6. The van der Waals surface area contributed by atoms with E-state index in [1.807, 2.05) is 37.3 Å². The van der Waals surface area contributed by atoms with Gasteiger partial charge in [0, 0.05) is 48.3 Å². The number of amides is 2. The number of carbonyl (C=O) groups is 2. The highest BCUT2D eigenvalue weighted by atomic mass is 35.5. The molecule has 0 unspecified atom stereocenters. The molecule has 35 heavy (non-hydrogen) atoms. The van der Waals surface area contributed by atoms with E-state index < -0.39 is 0 Å². The van der Waals surface area contributed by atoms with E-state index in [9.17, 15) is 9.59 Å². The fourth-order valence-electron chi connectivity index (χ4n) is 4.08. The largest absolute Gasteiger partial charge is 0.496 e. The zero-order valence-electron chi connectivity index (χ0n) is 19.9. The van der Waals surface area contributed by atoms with E-state index in [1.165, 1.54) is 0 Å². The van der Waals surface area contributed by atoms with Crippen molar-refractivity contribution in [2.24, 2.45) is 0 Å². The minimum Gasteiger partial charge on any atom is -0.496 e. The molecule has 0 saturated carbocycles. The molecule has 3 aromatic rings. The number of nitrogens with zero attached hydrogens (tertiary/aromatic N) is 3. The van der Waals surface area contributed by atoms with Gasteiger partial charge in [-0.05, 0) is 42.8 Å². The maximum absolute atomic E-state index is 13.2. The second-order valence-electron chi connectivity index (χ2n) is 8.28. The van der Waals surface area contributed by atoms with Gasteiger partial charge in [0.25, 0.3) is 5.91 Å². The molecular weight excluding hydrogens is 466 g/mol. The van der Waals surface area contributed by atoms with Gasteiger partial charge in [0.2, 0.25) is 0 Å². The molecule has 7 nitrogen and oxygen atoms in total. The van der Waals surface area contributed by atoms with Crippen LogP contribution in [0.15, 0.2) is 49.0 Å². The molecule has 0 aliphatic carbocycles. The fourth-order valence-corrected chi connectivity index (χ4v) is 4.34. The van der Waals surface area contributed by atoms with Gasteiger partial charge in [-0.25, -0.2) is 9.78 Å². The summed E-state index contributed by atoms with van der Waals surface area (Å²) in [4.78, 5) is 33.4. The van der Waals surface area contributed by atoms with Crippen LogP contribution in [-0.4, -0.2) is 66.7 Å². The fraction of sp³-hybridized carbons (Fsp3) is 0.296. The Hall–Kier alpha value is -3.58. The van der Waals surface area contributed by atoms with E-state index in [1.54, 1.807) is 35.1 Å². The standard InChI is InChI=1S/C27H28ClN3O4/c1-4-14-35-27(33)31-12-10-30(11-13-31)26(32)20-6-8-21-22(28)17-23(29-24(21)16-20)19-7-9-25(34-3)18(5-2)15-19/h5-9,15-17H,2,4,10-14H2,1,3H3. The number of fused-ring (bicyclic) bond motifs is 1. The molecular formula is C27H28ClN3O4. The highest BCUT2D eigenvalue weighted by molar-refractivity contribution is 6.35. The van der Waals surface area contributed by atoms with E-state index in [0.717, 1.165) is 28.7 Å². The maximum atomic E-state index is 13.2. The molecule has 0 bridgehead atoms. The second kappa shape index (κ2) is 10.8. The Morgan fingerprint density at radius 2 is 1.83 bits per heavy atom. The summed E-state index contributed by atoms with van der Waals surface area (Å²) in [5.41, 5.74) is 3.58. The Balaban J connectivity index is 1.56. The minimum atomic E-state index is -0.325. The highest BCUT2D eigenvalue weighted by Gasteiger charge is 2.26. The third-order valence-electron chi connectivity index (χ3n) is 6.01. The molecule has 182 valence electrons. The normalized spacial score (nSPS) is 13.6. The van der Waals surface area contributed by atoms with Crippen LogP contribution in [0, 0.1) is 0 Å². The van der Waals surface area contributed by atoms with Crippen molar-refractivity contribution in [3.05, 3.63) is 65.2 Å². The molecule has 1 saturated heterocycles. The average molecular weight is 494 g/mol. The molecule has 1 aliphatic rings. The zero-order valence-corrected chi connectivity index (χ0v) is 20.7. The third-order valence-corrected chi connectivity index (χ3v) is 6.32. The van der Waals surface area contributed by atoms with Gasteiger partial charge in [-0.1, -0.05) is 37.2 Å². The first-order valence-corrected chi connectivity index (χ1v) is 11.9. The molecule has 0 spiro atoms. The first kappa shape index (κ1) is 24.5. The van der Waals surface area contributed by atoms with Gasteiger partial charge < -0.3 is 19.3 Å². The number of halogens is 1. The number of methoxy groups -OCH3 is 1. The van der Waals surface area contributed by atoms with Crippen molar-refractivity contribution < 1.29 is 19.1 Å². The lowest BCUT2D eigenvalue weighted by atomic mass is 10.0. The van der Waals surface area contributed by atoms with Crippen LogP contribution in [0.4, 0.5) is 4.79 Å². The number of aromatic nitrogens is 1. The first-order valence-electron chi connectivity index (χ1n) is 11.6. The molecule has 1 aromatic heterocycles. The summed E-state index contributed by atoms with van der Waals surface area (Å²) in [6.45, 7) is 7.98. The van der Waals surface area contributed by atoms with Crippen LogP contribution in [-0.2, 0) is 4.74 Å². The predicted octanol–water partition coefficient (Wildman–Crippen LogP) is 5.51. The number of piperazine rings is 1. The molecule has 0 atom stereocenters. The number of rotatable bonds is 6. The van der Waals surface area contributed by atoms with Crippen LogP contribution in [0.1, 0.15) is 29.3 Å². The van der Waals surface area contributed by atoms with Gasteiger partial charge in [0.05, 0.1) is 29.9 Å². The third kappa shape index (κ3) is 5.25. The smallest absolute Gasteiger partial charge is 0.409 e. The summed E-state index contributed by atoms with van der Waals surface area (Å²) >= 11 is 6.58. The van der Waals surface area contributed by atoms with Gasteiger partial charge >= 0.3 is 6.09 Å². The summed E-state index contributed by atoms with van der Waals surface area (Å²) in [6.07, 6.45) is 2.18. The lowest BCUT2D eigenvalue weighted by Crippen LogP contribution is -2.50. The van der Waals surface area contributed by atoms with E-state index in [2.05, 4.69) is 6.58 Å². The van der Waals surface area contributed by atoms with Crippen molar-refractivity contribution >= 4 is 40.6 Å². The molecule has 2 aromatic carbocycles. The molecule has 0 radical (unpaired) electrons. The molecule has 0 N–H and O–H groups in total. The second-order valence-corrected chi connectivity index (χ2v) is 8.68. The SMILES string of the molecule is C=Cc1cc(-c2cc(Cl)c3ccc(C(=O)N4CCN(C(=O)OCCC)CC4)cc3n2)ccc1OC. The molecule has 1 fully saturated rings. The van der Waals surface area contributed by atoms with Crippen molar-refractivity contribution in [2.75, 3.05) is 39.9 Å². The Bertz CT molecular complexity index is 1270. The Morgan fingerprint density at radius 3 is 2.51 bits per heavy atom. The topological polar surface area (TPSA) is 72.0 Å². The van der Waals surface area contributed by atoms with Gasteiger partial charge in [-0.3, -0.25) is 4.79 Å². The summed E-state index contributed by atoms with van der Waals surface area (Å²) in [5, 5.41) is 1.33. The summed E-state index contributed by atoms with van der Waals surface area (Å²) in [5.74, 6) is 0.623. The summed E-state index contributed by atoms with van der Waals surface area (Å²) in [7, 11) is 1.61. The lowest BCUT2D eigenvalue weighted by Gasteiger charge is -2.34. The van der Waals surface area contributed by atoms with Gasteiger partial charge in [-0.15, -0.1) is 0 Å². The maximum Gasteiger partial charge on any atom is 0.409 e. The highest BCUT2D eigenvalue weighted by Crippen LogP contribution is 2.31. The van der Waals surface area contributed by atoms with Crippen molar-refractivity contribution in [2.45, 2.75) is 13.3 Å². The monoisotopic (exact) mass is 493 g/mol. The van der Waals surface area contributed by atoms with Gasteiger partial charge in [0.1, 0.15) is 5.75 Å². The van der Waals surface area contributed by atoms with Crippen LogP contribution in [0.2, 0.25) is 5.02 Å². The predicted molar refractivity (Wildman–Crippen MR) is 138 cm³/mol. The lowest BCUT2D eigenvalue weighted by molar-refractivity contribution is 0.0560. The van der Waals surface area contributed by atoms with Crippen molar-refractivity contribution in [1.82, 2.24) is 14.8 Å². The number of carbonyl (C=O) groups excluding carboxylic acids is 2. The average Bonchev–Trinajstić information content (AvgIpc) is 2.90. The van der Waals surface area contributed by atoms with Gasteiger partial charge in [0.15, 0.2) is 0 Å². The van der Waals surface area contributed by atoms with Crippen LogP contribution in [0.3, 0.4) is 0 Å². The van der Waals surface area contributed by atoms with Crippen molar-refractivity contribution in [3.63, 3.8) is 0 Å². The Kier molecular flexibility index (Phi) is 7.56. The molecule has 2 amide bonds. The van der Waals surface area contributed by atoms with E-state index in [-0.39, 0.29) is 12.0 Å².